The number of halogens is 3. The molecule has 2 aliphatic carbocycles. The molecule has 0 aromatic rings. The second-order valence-corrected chi connectivity index (χ2v) is 5.16. The Bertz CT molecular complexity index is 306. The van der Waals surface area contributed by atoms with Gasteiger partial charge in [-0.3, -0.25) is 9.69 Å². The van der Waals surface area contributed by atoms with E-state index in [2.05, 4.69) is 0 Å². The summed E-state index contributed by atoms with van der Waals surface area (Å²) in [6, 6.07) is -0.188. The molecule has 0 amide bonds. The minimum atomic E-state index is -4.32. The lowest BCUT2D eigenvalue weighted by Crippen LogP contribution is -2.46. The van der Waals surface area contributed by atoms with Crippen molar-refractivity contribution in [1.82, 2.24) is 4.90 Å². The van der Waals surface area contributed by atoms with Gasteiger partial charge in [0.1, 0.15) is 0 Å². The summed E-state index contributed by atoms with van der Waals surface area (Å²) in [6.07, 6.45) is -0.582. The number of nitrogens with zero attached hydrogens (tertiary/aromatic N) is 1. The van der Waals surface area contributed by atoms with Crippen LogP contribution < -0.4 is 0 Å². The zero-order valence-electron chi connectivity index (χ0n) is 9.41. The summed E-state index contributed by atoms with van der Waals surface area (Å²) in [7, 11) is 0. The highest BCUT2D eigenvalue weighted by molar-refractivity contribution is 5.69. The van der Waals surface area contributed by atoms with Crippen molar-refractivity contribution in [1.29, 1.82) is 0 Å². The van der Waals surface area contributed by atoms with E-state index in [-0.39, 0.29) is 12.0 Å². The molecule has 2 saturated carbocycles. The third-order valence-electron chi connectivity index (χ3n) is 3.89. The van der Waals surface area contributed by atoms with E-state index in [4.69, 9.17) is 5.11 Å². The lowest BCUT2D eigenvalue weighted by atomic mass is 9.94. The Kier molecular flexibility index (Phi) is 3.34. The quantitative estimate of drug-likeness (QED) is 0.832. The van der Waals surface area contributed by atoms with Crippen LogP contribution in [0.25, 0.3) is 0 Å². The molecule has 0 radical (unpaired) electrons. The van der Waals surface area contributed by atoms with Gasteiger partial charge in [0, 0.05) is 6.04 Å². The van der Waals surface area contributed by atoms with Gasteiger partial charge in [-0.25, -0.2) is 0 Å². The van der Waals surface area contributed by atoms with E-state index in [0.29, 0.717) is 5.92 Å². The van der Waals surface area contributed by atoms with E-state index < -0.39 is 25.2 Å². The molecule has 3 atom stereocenters. The summed E-state index contributed by atoms with van der Waals surface area (Å²) in [5, 5.41) is 8.70. The highest BCUT2D eigenvalue weighted by Gasteiger charge is 2.45. The Morgan fingerprint density at radius 3 is 2.41 bits per heavy atom. The smallest absolute Gasteiger partial charge is 0.401 e. The van der Waals surface area contributed by atoms with Crippen LogP contribution in [0.3, 0.4) is 0 Å². The van der Waals surface area contributed by atoms with Crippen LogP contribution in [-0.2, 0) is 4.79 Å². The van der Waals surface area contributed by atoms with Gasteiger partial charge in [0.15, 0.2) is 0 Å². The van der Waals surface area contributed by atoms with Gasteiger partial charge < -0.3 is 5.11 Å². The molecule has 3 nitrogen and oxygen atoms in total. The van der Waals surface area contributed by atoms with Gasteiger partial charge in [-0.05, 0) is 31.1 Å². The average molecular weight is 251 g/mol. The van der Waals surface area contributed by atoms with Crippen LogP contribution in [0.4, 0.5) is 13.2 Å². The predicted octanol–water partition coefficient (Wildman–Crippen LogP) is 2.12. The normalized spacial score (nSPS) is 32.4. The predicted molar refractivity (Wildman–Crippen MR) is 54.5 cm³/mol. The molecule has 0 heterocycles. The summed E-state index contributed by atoms with van der Waals surface area (Å²) in [5.74, 6) is -0.409. The second-order valence-electron chi connectivity index (χ2n) is 5.16. The maximum absolute atomic E-state index is 12.4. The number of rotatable bonds is 4. The van der Waals surface area contributed by atoms with Crippen LogP contribution in [-0.4, -0.2) is 41.3 Å². The first-order chi connectivity index (χ1) is 7.85. The van der Waals surface area contributed by atoms with E-state index in [0.717, 1.165) is 30.6 Å². The molecule has 2 aliphatic rings. The summed E-state index contributed by atoms with van der Waals surface area (Å²) in [6.45, 7) is -1.61. The van der Waals surface area contributed by atoms with Gasteiger partial charge in [-0.1, -0.05) is 6.42 Å². The summed E-state index contributed by atoms with van der Waals surface area (Å²) in [5.41, 5.74) is 0. The number of carbonyl (C=O) groups is 1. The van der Waals surface area contributed by atoms with E-state index in [9.17, 15) is 18.0 Å². The lowest BCUT2D eigenvalue weighted by molar-refractivity contribution is -0.160. The zero-order valence-corrected chi connectivity index (χ0v) is 9.41. The van der Waals surface area contributed by atoms with Gasteiger partial charge >= 0.3 is 12.1 Å². The zero-order chi connectivity index (χ0) is 12.6. The molecule has 17 heavy (non-hydrogen) atoms. The maximum atomic E-state index is 12.4. The van der Waals surface area contributed by atoms with Crippen LogP contribution >= 0.6 is 0 Å². The number of aliphatic carboxylic acids is 1. The molecule has 2 bridgehead atoms. The van der Waals surface area contributed by atoms with Crippen molar-refractivity contribution >= 4 is 5.97 Å². The first-order valence-corrected chi connectivity index (χ1v) is 5.88. The average Bonchev–Trinajstić information content (AvgIpc) is 2.73. The van der Waals surface area contributed by atoms with Crippen molar-refractivity contribution in [2.75, 3.05) is 13.1 Å². The highest BCUT2D eigenvalue weighted by atomic mass is 19.4. The minimum Gasteiger partial charge on any atom is -0.480 e. The van der Waals surface area contributed by atoms with Gasteiger partial charge in [-0.15, -0.1) is 0 Å². The molecular formula is C11H16F3NO2. The Hall–Kier alpha value is -0.780. The third-order valence-corrected chi connectivity index (χ3v) is 3.89. The van der Waals surface area contributed by atoms with Crippen LogP contribution in [0.5, 0.6) is 0 Å². The van der Waals surface area contributed by atoms with Gasteiger partial charge in [0.25, 0.3) is 0 Å². The Morgan fingerprint density at radius 2 is 2.00 bits per heavy atom. The molecule has 2 fully saturated rings. The summed E-state index contributed by atoms with van der Waals surface area (Å²) < 4.78 is 37.3. The molecule has 0 aliphatic heterocycles. The monoisotopic (exact) mass is 251 g/mol. The van der Waals surface area contributed by atoms with Crippen molar-refractivity contribution in [3.63, 3.8) is 0 Å². The van der Waals surface area contributed by atoms with Gasteiger partial charge in [-0.2, -0.15) is 13.2 Å². The molecule has 0 saturated heterocycles. The van der Waals surface area contributed by atoms with Crippen LogP contribution in [0, 0.1) is 11.8 Å². The Labute approximate surface area is 97.6 Å². The van der Waals surface area contributed by atoms with Crippen LogP contribution in [0.15, 0.2) is 0 Å². The van der Waals surface area contributed by atoms with Crippen LogP contribution in [0.1, 0.15) is 25.7 Å². The summed E-state index contributed by atoms with van der Waals surface area (Å²) in [4.78, 5) is 11.8. The number of hydrogen-bond acceptors (Lipinski definition) is 2. The topological polar surface area (TPSA) is 40.5 Å². The summed E-state index contributed by atoms with van der Waals surface area (Å²) >= 11 is 0. The number of carboxylic acids is 1. The minimum absolute atomic E-state index is 0.188. The fourth-order valence-electron chi connectivity index (χ4n) is 3.35. The molecule has 3 unspecified atom stereocenters. The number of hydrogen-bond donors (Lipinski definition) is 1. The van der Waals surface area contributed by atoms with E-state index in [1.807, 2.05) is 0 Å². The van der Waals surface area contributed by atoms with Crippen molar-refractivity contribution in [3.05, 3.63) is 0 Å². The SMILES string of the molecule is O=C(O)CN(CC(F)(F)F)C1CC2CCC1C2. The van der Waals surface area contributed by atoms with Gasteiger partial charge in [0.2, 0.25) is 0 Å². The molecule has 6 heteroatoms. The number of carboxylic acid groups (broad SMARTS) is 1. The van der Waals surface area contributed by atoms with E-state index in [1.165, 1.54) is 0 Å². The van der Waals surface area contributed by atoms with Crippen molar-refractivity contribution in [2.45, 2.75) is 37.9 Å². The van der Waals surface area contributed by atoms with Crippen molar-refractivity contribution in [3.8, 4) is 0 Å². The highest BCUT2D eigenvalue weighted by Crippen LogP contribution is 2.46. The van der Waals surface area contributed by atoms with E-state index in [1.54, 1.807) is 0 Å². The lowest BCUT2D eigenvalue weighted by Gasteiger charge is -2.33. The molecule has 98 valence electrons. The second kappa shape index (κ2) is 4.48. The Balaban J connectivity index is 2.02. The number of alkyl halides is 3. The van der Waals surface area contributed by atoms with Crippen molar-refractivity contribution < 1.29 is 23.1 Å². The van der Waals surface area contributed by atoms with Crippen LogP contribution in [0.2, 0.25) is 0 Å². The Morgan fingerprint density at radius 1 is 1.29 bits per heavy atom. The molecular weight excluding hydrogens is 235 g/mol. The van der Waals surface area contributed by atoms with E-state index >= 15 is 0 Å². The molecule has 2 rings (SSSR count). The molecule has 0 aromatic carbocycles. The molecule has 0 aromatic heterocycles. The van der Waals surface area contributed by atoms with Gasteiger partial charge in [0.05, 0.1) is 13.1 Å². The first-order valence-electron chi connectivity index (χ1n) is 5.88. The first kappa shape index (κ1) is 12.7. The largest absolute Gasteiger partial charge is 0.480 e. The number of fused-ring (bicyclic) bond motifs is 2. The standard InChI is InChI=1S/C11H16F3NO2/c12-11(13,14)6-15(5-10(16)17)9-4-7-1-2-8(9)3-7/h7-9H,1-6H2,(H,16,17). The fourth-order valence-corrected chi connectivity index (χ4v) is 3.35. The fraction of sp³-hybridized carbons (Fsp3) is 0.909. The maximum Gasteiger partial charge on any atom is 0.401 e. The molecule has 1 N–H and O–H groups in total. The third kappa shape index (κ3) is 3.12. The van der Waals surface area contributed by atoms with Crippen molar-refractivity contribution in [2.24, 2.45) is 11.8 Å². The molecule has 0 spiro atoms.